The van der Waals surface area contributed by atoms with Crippen molar-refractivity contribution >= 4 is 24.2 Å². The summed E-state index contributed by atoms with van der Waals surface area (Å²) in [5, 5.41) is 2.95. The SMILES string of the molecule is CCN(CC)C(=O)c1ccc(C(=O)NC(CN)CC(C)C)cc1.Cl. The fourth-order valence-corrected chi connectivity index (χ4v) is 2.51. The van der Waals surface area contributed by atoms with E-state index in [0.29, 0.717) is 36.7 Å². The van der Waals surface area contributed by atoms with Gasteiger partial charge in [-0.05, 0) is 50.5 Å². The van der Waals surface area contributed by atoms with Crippen molar-refractivity contribution in [1.29, 1.82) is 0 Å². The molecule has 0 aromatic heterocycles. The second-order valence-corrected chi connectivity index (χ2v) is 6.09. The zero-order chi connectivity index (χ0) is 17.4. The van der Waals surface area contributed by atoms with Crippen LogP contribution >= 0.6 is 12.4 Å². The third kappa shape index (κ3) is 6.49. The lowest BCUT2D eigenvalue weighted by molar-refractivity contribution is 0.0772. The molecule has 0 fully saturated rings. The molecule has 2 amide bonds. The van der Waals surface area contributed by atoms with Gasteiger partial charge in [-0.25, -0.2) is 0 Å². The van der Waals surface area contributed by atoms with Crippen LogP contribution in [0.3, 0.4) is 0 Å². The van der Waals surface area contributed by atoms with Crippen molar-refractivity contribution in [3.63, 3.8) is 0 Å². The first-order chi connectivity index (χ1) is 10.9. The van der Waals surface area contributed by atoms with Crippen LogP contribution < -0.4 is 11.1 Å². The standard InChI is InChI=1S/C18H29N3O2.ClH/c1-5-21(6-2)18(23)15-9-7-14(8-10-15)17(22)20-16(12-19)11-13(3)4;/h7-10,13,16H,5-6,11-12,19H2,1-4H3,(H,20,22);1H. The summed E-state index contributed by atoms with van der Waals surface area (Å²) < 4.78 is 0. The molecule has 0 aliphatic rings. The average molecular weight is 356 g/mol. The van der Waals surface area contributed by atoms with Gasteiger partial charge in [0.05, 0.1) is 0 Å². The maximum atomic E-state index is 12.3. The van der Waals surface area contributed by atoms with Crippen LogP contribution in [0.5, 0.6) is 0 Å². The van der Waals surface area contributed by atoms with E-state index in [4.69, 9.17) is 5.73 Å². The monoisotopic (exact) mass is 355 g/mol. The first-order valence-corrected chi connectivity index (χ1v) is 8.33. The Balaban J connectivity index is 0.00000529. The van der Waals surface area contributed by atoms with E-state index >= 15 is 0 Å². The van der Waals surface area contributed by atoms with E-state index in [0.717, 1.165) is 6.42 Å². The fourth-order valence-electron chi connectivity index (χ4n) is 2.51. The predicted octanol–water partition coefficient (Wildman–Crippen LogP) is 2.69. The van der Waals surface area contributed by atoms with Crippen LogP contribution in [0.1, 0.15) is 54.8 Å². The summed E-state index contributed by atoms with van der Waals surface area (Å²) in [4.78, 5) is 26.3. The number of nitrogens with two attached hydrogens (primary N) is 1. The molecule has 1 rings (SSSR count). The molecule has 0 saturated carbocycles. The Morgan fingerprint density at radius 1 is 1.08 bits per heavy atom. The Labute approximate surface area is 151 Å². The minimum absolute atomic E-state index is 0. The van der Waals surface area contributed by atoms with Crippen molar-refractivity contribution in [3.05, 3.63) is 35.4 Å². The van der Waals surface area contributed by atoms with Gasteiger partial charge in [0.15, 0.2) is 0 Å². The van der Waals surface area contributed by atoms with Crippen LogP contribution in [-0.2, 0) is 0 Å². The molecule has 6 heteroatoms. The number of carbonyl (C=O) groups is 2. The Bertz CT molecular complexity index is 514. The van der Waals surface area contributed by atoms with E-state index in [1.54, 1.807) is 29.2 Å². The molecule has 0 radical (unpaired) electrons. The molecule has 1 atom stereocenters. The van der Waals surface area contributed by atoms with Gasteiger partial charge in [-0.15, -0.1) is 12.4 Å². The van der Waals surface area contributed by atoms with Crippen molar-refractivity contribution < 1.29 is 9.59 Å². The van der Waals surface area contributed by atoms with Crippen LogP contribution in [0.15, 0.2) is 24.3 Å². The summed E-state index contributed by atoms with van der Waals surface area (Å²) in [5.41, 5.74) is 6.85. The van der Waals surface area contributed by atoms with E-state index < -0.39 is 0 Å². The molecule has 24 heavy (non-hydrogen) atoms. The lowest BCUT2D eigenvalue weighted by Gasteiger charge is -2.20. The minimum Gasteiger partial charge on any atom is -0.348 e. The lowest BCUT2D eigenvalue weighted by Crippen LogP contribution is -2.41. The quantitative estimate of drug-likeness (QED) is 0.752. The van der Waals surface area contributed by atoms with Crippen molar-refractivity contribution in [3.8, 4) is 0 Å². The third-order valence-corrected chi connectivity index (χ3v) is 3.82. The highest BCUT2D eigenvalue weighted by Gasteiger charge is 2.16. The van der Waals surface area contributed by atoms with Gasteiger partial charge in [0.2, 0.25) is 0 Å². The van der Waals surface area contributed by atoms with Gasteiger partial charge in [0, 0.05) is 36.8 Å². The van der Waals surface area contributed by atoms with Crippen LogP contribution in [0.25, 0.3) is 0 Å². The van der Waals surface area contributed by atoms with Gasteiger partial charge in [0.1, 0.15) is 0 Å². The fraction of sp³-hybridized carbons (Fsp3) is 0.556. The molecule has 136 valence electrons. The first-order valence-electron chi connectivity index (χ1n) is 8.33. The molecular formula is C18H30ClN3O2. The van der Waals surface area contributed by atoms with Crippen molar-refractivity contribution in [1.82, 2.24) is 10.2 Å². The number of nitrogens with one attached hydrogen (secondary N) is 1. The molecular weight excluding hydrogens is 326 g/mol. The van der Waals surface area contributed by atoms with Gasteiger partial charge in [-0.2, -0.15) is 0 Å². The highest BCUT2D eigenvalue weighted by atomic mass is 35.5. The number of hydrogen-bond acceptors (Lipinski definition) is 3. The molecule has 0 heterocycles. The first kappa shape index (κ1) is 22.4. The maximum Gasteiger partial charge on any atom is 0.253 e. The maximum absolute atomic E-state index is 12.3. The number of carbonyl (C=O) groups excluding carboxylic acids is 2. The van der Waals surface area contributed by atoms with Crippen LogP contribution in [0, 0.1) is 5.92 Å². The number of hydrogen-bond donors (Lipinski definition) is 2. The Hall–Kier alpha value is -1.59. The highest BCUT2D eigenvalue weighted by molar-refractivity contribution is 5.97. The lowest BCUT2D eigenvalue weighted by atomic mass is 10.0. The summed E-state index contributed by atoms with van der Waals surface area (Å²) in [6.07, 6.45) is 0.848. The number of rotatable bonds is 8. The van der Waals surface area contributed by atoms with E-state index in [1.807, 2.05) is 13.8 Å². The topological polar surface area (TPSA) is 75.4 Å². The van der Waals surface area contributed by atoms with Crippen molar-refractivity contribution in [2.75, 3.05) is 19.6 Å². The van der Waals surface area contributed by atoms with Gasteiger partial charge in [-0.3, -0.25) is 9.59 Å². The molecule has 3 N–H and O–H groups in total. The van der Waals surface area contributed by atoms with Crippen LogP contribution in [0.2, 0.25) is 0 Å². The average Bonchev–Trinajstić information content (AvgIpc) is 2.54. The predicted molar refractivity (Wildman–Crippen MR) is 101 cm³/mol. The summed E-state index contributed by atoms with van der Waals surface area (Å²) in [6.45, 7) is 9.86. The van der Waals surface area contributed by atoms with E-state index in [2.05, 4.69) is 19.2 Å². The van der Waals surface area contributed by atoms with Crippen molar-refractivity contribution in [2.45, 2.75) is 40.2 Å². The molecule has 1 unspecified atom stereocenters. The minimum atomic E-state index is -0.150. The zero-order valence-electron chi connectivity index (χ0n) is 15.0. The number of amides is 2. The molecule has 0 spiro atoms. The summed E-state index contributed by atoms with van der Waals surface area (Å²) in [5.74, 6) is 0.308. The van der Waals surface area contributed by atoms with Gasteiger partial charge >= 0.3 is 0 Å². The normalized spacial score (nSPS) is 11.6. The number of halogens is 1. The molecule has 0 saturated heterocycles. The Morgan fingerprint density at radius 3 is 2.00 bits per heavy atom. The highest BCUT2D eigenvalue weighted by Crippen LogP contribution is 2.09. The number of nitrogens with zero attached hydrogens (tertiary/aromatic N) is 1. The van der Waals surface area contributed by atoms with Crippen LogP contribution in [-0.4, -0.2) is 42.4 Å². The zero-order valence-corrected chi connectivity index (χ0v) is 15.9. The Kier molecular flexibility index (Phi) is 10.3. The molecule has 5 nitrogen and oxygen atoms in total. The van der Waals surface area contributed by atoms with Gasteiger partial charge in [0.25, 0.3) is 11.8 Å². The molecule has 0 aliphatic carbocycles. The molecule has 0 bridgehead atoms. The summed E-state index contributed by atoms with van der Waals surface area (Å²) >= 11 is 0. The third-order valence-electron chi connectivity index (χ3n) is 3.82. The second-order valence-electron chi connectivity index (χ2n) is 6.09. The van der Waals surface area contributed by atoms with E-state index in [9.17, 15) is 9.59 Å². The molecule has 0 aliphatic heterocycles. The Morgan fingerprint density at radius 2 is 1.58 bits per heavy atom. The largest absolute Gasteiger partial charge is 0.348 e. The second kappa shape index (κ2) is 11.0. The summed E-state index contributed by atoms with van der Waals surface area (Å²) in [7, 11) is 0. The molecule has 1 aromatic carbocycles. The molecule has 1 aromatic rings. The smallest absolute Gasteiger partial charge is 0.253 e. The van der Waals surface area contributed by atoms with Gasteiger partial charge in [-0.1, -0.05) is 13.8 Å². The van der Waals surface area contributed by atoms with Gasteiger partial charge < -0.3 is 16.0 Å². The van der Waals surface area contributed by atoms with Crippen molar-refractivity contribution in [2.24, 2.45) is 11.7 Å². The van der Waals surface area contributed by atoms with E-state index in [-0.39, 0.29) is 30.3 Å². The summed E-state index contributed by atoms with van der Waals surface area (Å²) in [6, 6.07) is 6.76. The van der Waals surface area contributed by atoms with E-state index in [1.165, 1.54) is 0 Å². The van der Waals surface area contributed by atoms with Crippen LogP contribution in [0.4, 0.5) is 0 Å². The number of benzene rings is 1.